The number of benzene rings is 3. The fourth-order valence-electron chi connectivity index (χ4n) is 3.25. The first kappa shape index (κ1) is 17.2. The molecule has 1 heterocycles. The number of nitrogens with two attached hydrogens (primary N) is 1. The highest BCUT2D eigenvalue weighted by Gasteiger charge is 2.11. The first-order chi connectivity index (χ1) is 13.1. The van der Waals surface area contributed by atoms with Crippen LogP contribution in [0.5, 0.6) is 5.75 Å². The van der Waals surface area contributed by atoms with Gasteiger partial charge in [0.1, 0.15) is 17.9 Å². The molecule has 0 fully saturated rings. The number of fused-ring (bicyclic) bond motifs is 1. The first-order valence-electron chi connectivity index (χ1n) is 8.74. The molecule has 0 radical (unpaired) electrons. The highest BCUT2D eigenvalue weighted by molar-refractivity contribution is 5.79. The Morgan fingerprint density at radius 2 is 1.93 bits per heavy atom. The molecule has 0 unspecified atom stereocenters. The summed E-state index contributed by atoms with van der Waals surface area (Å²) in [5.74, 6) is 0.332. The molecule has 4 aromatic rings. The lowest BCUT2D eigenvalue weighted by atomic mass is 10.0. The van der Waals surface area contributed by atoms with Gasteiger partial charge in [0.05, 0.1) is 18.1 Å². The van der Waals surface area contributed by atoms with E-state index in [1.165, 1.54) is 12.1 Å². The quantitative estimate of drug-likeness (QED) is 0.565. The third kappa shape index (κ3) is 3.17. The van der Waals surface area contributed by atoms with Crippen LogP contribution in [-0.2, 0) is 0 Å². The topological polar surface area (TPSA) is 53.1 Å². The maximum Gasteiger partial charge on any atom is 0.126 e. The highest BCUT2D eigenvalue weighted by atomic mass is 19.1. The summed E-state index contributed by atoms with van der Waals surface area (Å²) in [5.41, 5.74) is 11.4. The monoisotopic (exact) mass is 361 g/mol. The number of nitrogens with zero attached hydrogens (tertiary/aromatic N) is 2. The van der Waals surface area contributed by atoms with Crippen molar-refractivity contribution in [3.05, 3.63) is 78.4 Å². The van der Waals surface area contributed by atoms with E-state index in [0.717, 1.165) is 27.8 Å². The molecule has 1 atom stereocenters. The second-order valence-corrected chi connectivity index (χ2v) is 6.55. The summed E-state index contributed by atoms with van der Waals surface area (Å²) in [4.78, 5) is 4.51. The van der Waals surface area contributed by atoms with E-state index in [1.807, 2.05) is 54.0 Å². The molecule has 0 aliphatic heterocycles. The normalized spacial score (nSPS) is 12.3. The Labute approximate surface area is 157 Å². The molecule has 0 saturated carbocycles. The molecule has 0 aliphatic carbocycles. The molecule has 3 aromatic carbocycles. The third-order valence-corrected chi connectivity index (χ3v) is 4.69. The maximum atomic E-state index is 13.8. The largest absolute Gasteiger partial charge is 0.496 e. The van der Waals surface area contributed by atoms with Crippen molar-refractivity contribution in [2.24, 2.45) is 5.73 Å². The van der Waals surface area contributed by atoms with Gasteiger partial charge in [0.2, 0.25) is 0 Å². The predicted octanol–water partition coefficient (Wildman–Crippen LogP) is 4.86. The minimum absolute atomic E-state index is 0.0386. The van der Waals surface area contributed by atoms with Gasteiger partial charge in [-0.3, -0.25) is 4.57 Å². The minimum atomic E-state index is -0.298. The number of halogens is 1. The number of aromatic nitrogens is 2. The zero-order valence-electron chi connectivity index (χ0n) is 15.2. The Morgan fingerprint density at radius 1 is 1.07 bits per heavy atom. The summed E-state index contributed by atoms with van der Waals surface area (Å²) in [6.07, 6.45) is 1.79. The van der Waals surface area contributed by atoms with Crippen molar-refractivity contribution >= 4 is 11.0 Å². The smallest absolute Gasteiger partial charge is 0.126 e. The Kier molecular flexibility index (Phi) is 4.38. The summed E-state index contributed by atoms with van der Waals surface area (Å²) in [5, 5.41) is 0. The Bertz CT molecular complexity index is 1120. The maximum absolute atomic E-state index is 13.8. The number of ether oxygens (including phenoxy) is 1. The van der Waals surface area contributed by atoms with E-state index in [-0.39, 0.29) is 11.9 Å². The summed E-state index contributed by atoms with van der Waals surface area (Å²) < 4.78 is 21.2. The van der Waals surface area contributed by atoms with E-state index >= 15 is 0 Å². The second-order valence-electron chi connectivity index (χ2n) is 6.55. The number of hydrogen-bond acceptors (Lipinski definition) is 3. The van der Waals surface area contributed by atoms with Crippen molar-refractivity contribution < 1.29 is 9.13 Å². The summed E-state index contributed by atoms with van der Waals surface area (Å²) >= 11 is 0. The lowest BCUT2D eigenvalue weighted by Gasteiger charge is -2.11. The van der Waals surface area contributed by atoms with Crippen LogP contribution in [0.1, 0.15) is 18.5 Å². The molecular formula is C22H20FN3O. The van der Waals surface area contributed by atoms with Crippen LogP contribution in [0.4, 0.5) is 4.39 Å². The zero-order valence-corrected chi connectivity index (χ0v) is 15.2. The molecule has 4 nitrogen and oxygen atoms in total. The van der Waals surface area contributed by atoms with Crippen LogP contribution >= 0.6 is 0 Å². The summed E-state index contributed by atoms with van der Waals surface area (Å²) in [6, 6.07) is 18.4. The van der Waals surface area contributed by atoms with E-state index in [1.54, 1.807) is 19.5 Å². The average Bonchev–Trinajstić information content (AvgIpc) is 3.11. The van der Waals surface area contributed by atoms with E-state index in [4.69, 9.17) is 10.5 Å². The van der Waals surface area contributed by atoms with Gasteiger partial charge < -0.3 is 10.5 Å². The molecule has 136 valence electrons. The van der Waals surface area contributed by atoms with Gasteiger partial charge >= 0.3 is 0 Å². The number of rotatable bonds is 4. The van der Waals surface area contributed by atoms with Gasteiger partial charge in [-0.2, -0.15) is 0 Å². The van der Waals surface area contributed by atoms with Crippen LogP contribution in [0.15, 0.2) is 67.0 Å². The van der Waals surface area contributed by atoms with Crippen molar-refractivity contribution in [2.45, 2.75) is 13.0 Å². The molecule has 0 saturated heterocycles. The Hall–Kier alpha value is -3.18. The fraction of sp³-hybridized carbons (Fsp3) is 0.136. The lowest BCUT2D eigenvalue weighted by Crippen LogP contribution is -2.04. The average molecular weight is 361 g/mol. The van der Waals surface area contributed by atoms with Crippen LogP contribution in [0.2, 0.25) is 0 Å². The van der Waals surface area contributed by atoms with Crippen LogP contribution in [0, 0.1) is 5.82 Å². The van der Waals surface area contributed by atoms with Gasteiger partial charge in [-0.15, -0.1) is 0 Å². The Morgan fingerprint density at radius 3 is 2.70 bits per heavy atom. The second kappa shape index (κ2) is 6.85. The van der Waals surface area contributed by atoms with Gasteiger partial charge in [-0.05, 0) is 60.5 Å². The van der Waals surface area contributed by atoms with Gasteiger partial charge in [0.15, 0.2) is 0 Å². The molecule has 5 heteroatoms. The zero-order chi connectivity index (χ0) is 19.0. The molecule has 0 spiro atoms. The SMILES string of the molecule is COc1ccc(F)cc1-c1cccc(-n2cnc3cc([C@H](C)N)ccc32)c1. The highest BCUT2D eigenvalue weighted by Crippen LogP contribution is 2.32. The van der Waals surface area contributed by atoms with Crippen molar-refractivity contribution in [2.75, 3.05) is 7.11 Å². The van der Waals surface area contributed by atoms with Crippen LogP contribution < -0.4 is 10.5 Å². The summed E-state index contributed by atoms with van der Waals surface area (Å²) in [7, 11) is 1.58. The first-order valence-corrected chi connectivity index (χ1v) is 8.74. The number of imidazole rings is 1. The Balaban J connectivity index is 1.82. The van der Waals surface area contributed by atoms with Crippen molar-refractivity contribution in [1.29, 1.82) is 0 Å². The number of methoxy groups -OCH3 is 1. The molecule has 2 N–H and O–H groups in total. The lowest BCUT2D eigenvalue weighted by molar-refractivity contribution is 0.415. The molecule has 0 bridgehead atoms. The van der Waals surface area contributed by atoms with Gasteiger partial charge in [-0.1, -0.05) is 18.2 Å². The molecular weight excluding hydrogens is 341 g/mol. The van der Waals surface area contributed by atoms with Crippen molar-refractivity contribution in [3.8, 4) is 22.6 Å². The molecule has 0 amide bonds. The van der Waals surface area contributed by atoms with E-state index < -0.39 is 0 Å². The van der Waals surface area contributed by atoms with Gasteiger partial charge in [-0.25, -0.2) is 9.37 Å². The molecule has 0 aliphatic rings. The minimum Gasteiger partial charge on any atom is -0.496 e. The standard InChI is InChI=1S/C22H20FN3O/c1-14(24)15-6-8-21-20(11-15)25-13-26(21)18-5-3-4-16(10-18)19-12-17(23)7-9-22(19)27-2/h3-14H,24H2,1-2H3/t14-/m0/s1. The van der Waals surface area contributed by atoms with Gasteiger partial charge in [0.25, 0.3) is 0 Å². The number of hydrogen-bond donors (Lipinski definition) is 1. The molecule has 27 heavy (non-hydrogen) atoms. The van der Waals surface area contributed by atoms with Crippen LogP contribution in [0.25, 0.3) is 27.8 Å². The van der Waals surface area contributed by atoms with E-state index in [0.29, 0.717) is 11.3 Å². The van der Waals surface area contributed by atoms with Crippen molar-refractivity contribution in [1.82, 2.24) is 9.55 Å². The van der Waals surface area contributed by atoms with E-state index in [9.17, 15) is 4.39 Å². The van der Waals surface area contributed by atoms with Crippen molar-refractivity contribution in [3.63, 3.8) is 0 Å². The van der Waals surface area contributed by atoms with Gasteiger partial charge in [0, 0.05) is 17.3 Å². The summed E-state index contributed by atoms with van der Waals surface area (Å²) in [6.45, 7) is 1.95. The third-order valence-electron chi connectivity index (χ3n) is 4.69. The molecule has 1 aromatic heterocycles. The fourth-order valence-corrected chi connectivity index (χ4v) is 3.25. The molecule has 4 rings (SSSR count). The van der Waals surface area contributed by atoms with E-state index in [2.05, 4.69) is 4.98 Å². The van der Waals surface area contributed by atoms with Crippen LogP contribution in [-0.4, -0.2) is 16.7 Å². The van der Waals surface area contributed by atoms with Crippen LogP contribution in [0.3, 0.4) is 0 Å². The predicted molar refractivity (Wildman–Crippen MR) is 106 cm³/mol.